The number of fused-ring (bicyclic) bond motifs is 1. The molecule has 1 aliphatic rings. The second-order valence-electron chi connectivity index (χ2n) is 8.04. The van der Waals surface area contributed by atoms with E-state index in [1.807, 2.05) is 53.7 Å². The molecule has 26 heavy (non-hydrogen) atoms. The summed E-state index contributed by atoms with van der Waals surface area (Å²) < 4.78 is 10.6. The Bertz CT molecular complexity index is 631. The Kier molecular flexibility index (Phi) is 7.29. The molecule has 7 nitrogen and oxygen atoms in total. The van der Waals surface area contributed by atoms with Crippen molar-refractivity contribution >= 4 is 23.4 Å². The fourth-order valence-electron chi connectivity index (χ4n) is 2.17. The zero-order valence-electron chi connectivity index (χ0n) is 16.8. The zero-order valence-corrected chi connectivity index (χ0v) is 16.8. The zero-order chi connectivity index (χ0) is 20.0. The summed E-state index contributed by atoms with van der Waals surface area (Å²) in [4.78, 5) is 22.0. The highest BCUT2D eigenvalue weighted by molar-refractivity contribution is 5.86. The van der Waals surface area contributed by atoms with Crippen LogP contribution in [0.2, 0.25) is 0 Å². The van der Waals surface area contributed by atoms with Crippen LogP contribution in [0, 0.1) is 0 Å². The van der Waals surface area contributed by atoms with E-state index in [9.17, 15) is 9.59 Å². The average Bonchev–Trinajstić information content (AvgIpc) is 2.43. The van der Waals surface area contributed by atoms with Crippen molar-refractivity contribution in [2.24, 2.45) is 0 Å². The smallest absolute Gasteiger partial charge is 0.412 e. The molecule has 1 aromatic carbocycles. The van der Waals surface area contributed by atoms with Gasteiger partial charge in [0.2, 0.25) is 5.91 Å². The molecule has 1 heterocycles. The van der Waals surface area contributed by atoms with Crippen molar-refractivity contribution in [2.75, 3.05) is 23.8 Å². The molecule has 0 saturated carbocycles. The fourth-order valence-corrected chi connectivity index (χ4v) is 2.17. The number of carbonyl (C=O) groups excluding carboxylic acids is 2. The minimum absolute atomic E-state index is 0.0255. The van der Waals surface area contributed by atoms with E-state index in [2.05, 4.69) is 16.0 Å². The van der Waals surface area contributed by atoms with Crippen molar-refractivity contribution in [2.45, 2.75) is 59.6 Å². The van der Waals surface area contributed by atoms with Gasteiger partial charge < -0.3 is 20.1 Å². The first-order chi connectivity index (χ1) is 11.9. The van der Waals surface area contributed by atoms with E-state index in [4.69, 9.17) is 9.47 Å². The van der Waals surface area contributed by atoms with Gasteiger partial charge in [0.05, 0.1) is 5.69 Å². The Morgan fingerprint density at radius 3 is 2.31 bits per heavy atom. The largest absolute Gasteiger partial charge is 0.490 e. The molecule has 146 valence electrons. The summed E-state index contributed by atoms with van der Waals surface area (Å²) in [6, 6.07) is 5.45. The molecule has 1 aliphatic heterocycles. The lowest BCUT2D eigenvalue weighted by Gasteiger charge is -2.21. The molecule has 7 heteroatoms. The second-order valence-corrected chi connectivity index (χ2v) is 8.04. The monoisotopic (exact) mass is 365 g/mol. The van der Waals surface area contributed by atoms with Gasteiger partial charge in [-0.05, 0) is 59.7 Å². The molecule has 1 aromatic rings. The van der Waals surface area contributed by atoms with Gasteiger partial charge in [0.25, 0.3) is 0 Å². The second kappa shape index (κ2) is 8.78. The number of amides is 2. The lowest BCUT2D eigenvalue weighted by Crippen LogP contribution is -2.38. The van der Waals surface area contributed by atoms with Crippen LogP contribution in [-0.4, -0.2) is 36.3 Å². The molecule has 0 unspecified atom stereocenters. The van der Waals surface area contributed by atoms with Gasteiger partial charge in [0.15, 0.2) is 0 Å². The molecular formula is C19H31N3O4. The molecule has 0 saturated heterocycles. The molecule has 0 aromatic heterocycles. The lowest BCUT2D eigenvalue weighted by molar-refractivity contribution is -0.120. The van der Waals surface area contributed by atoms with E-state index < -0.39 is 11.7 Å². The highest BCUT2D eigenvalue weighted by Gasteiger charge is 2.17. The normalized spacial score (nSPS) is 13.0. The number of hydrogen-bond acceptors (Lipinski definition) is 5. The van der Waals surface area contributed by atoms with Crippen LogP contribution >= 0.6 is 0 Å². The number of anilines is 2. The van der Waals surface area contributed by atoms with Crippen LogP contribution in [-0.2, 0) is 9.53 Å². The molecule has 0 atom stereocenters. The van der Waals surface area contributed by atoms with Crippen molar-refractivity contribution in [1.82, 2.24) is 5.32 Å². The van der Waals surface area contributed by atoms with E-state index in [0.717, 1.165) is 18.0 Å². The van der Waals surface area contributed by atoms with Crippen molar-refractivity contribution in [3.8, 4) is 5.75 Å². The van der Waals surface area contributed by atoms with Gasteiger partial charge in [0, 0.05) is 24.7 Å². The summed E-state index contributed by atoms with van der Waals surface area (Å²) in [6.07, 6.45) is -0.459. The van der Waals surface area contributed by atoms with Crippen molar-refractivity contribution < 1.29 is 19.1 Å². The summed E-state index contributed by atoms with van der Waals surface area (Å²) in [5.74, 6) is 0.827. The first-order valence-corrected chi connectivity index (χ1v) is 8.65. The highest BCUT2D eigenvalue weighted by atomic mass is 16.6. The van der Waals surface area contributed by atoms with Crippen LogP contribution in [0.15, 0.2) is 18.2 Å². The number of rotatable bonds is 1. The third-order valence-corrected chi connectivity index (χ3v) is 2.85. The standard InChI is InChI=1S/C13H18N2O3.C6H13NO/c1-13(2,3)18-12(16)15-9-4-5-11-10(8-9)14-6-7-17-11;1-5(8)7-6(2,3)4/h4-5,8,14H,6-7H2,1-3H3,(H,15,16);1-4H3,(H,7,8). The summed E-state index contributed by atoms with van der Waals surface area (Å²) in [6.45, 7) is 14.3. The van der Waals surface area contributed by atoms with Gasteiger partial charge >= 0.3 is 6.09 Å². The van der Waals surface area contributed by atoms with E-state index in [-0.39, 0.29) is 11.4 Å². The Labute approximate surface area is 155 Å². The van der Waals surface area contributed by atoms with Crippen LogP contribution in [0.1, 0.15) is 48.5 Å². The predicted octanol–water partition coefficient (Wildman–Crippen LogP) is 3.76. The molecular weight excluding hydrogens is 334 g/mol. The number of carbonyl (C=O) groups is 2. The maximum atomic E-state index is 11.6. The van der Waals surface area contributed by atoms with Crippen LogP contribution < -0.4 is 20.7 Å². The van der Waals surface area contributed by atoms with Gasteiger partial charge in [-0.15, -0.1) is 0 Å². The van der Waals surface area contributed by atoms with Crippen LogP contribution in [0.4, 0.5) is 16.2 Å². The van der Waals surface area contributed by atoms with Gasteiger partial charge in [0.1, 0.15) is 18.0 Å². The Morgan fingerprint density at radius 1 is 1.15 bits per heavy atom. The van der Waals surface area contributed by atoms with E-state index in [1.54, 1.807) is 6.07 Å². The van der Waals surface area contributed by atoms with Crippen molar-refractivity contribution in [1.29, 1.82) is 0 Å². The highest BCUT2D eigenvalue weighted by Crippen LogP contribution is 2.30. The maximum Gasteiger partial charge on any atom is 0.412 e. The number of benzene rings is 1. The average molecular weight is 365 g/mol. The maximum absolute atomic E-state index is 11.6. The fraction of sp³-hybridized carbons (Fsp3) is 0.579. The van der Waals surface area contributed by atoms with Gasteiger partial charge in [-0.1, -0.05) is 0 Å². The first-order valence-electron chi connectivity index (χ1n) is 8.65. The summed E-state index contributed by atoms with van der Waals surface area (Å²) in [7, 11) is 0. The molecule has 3 N–H and O–H groups in total. The third-order valence-electron chi connectivity index (χ3n) is 2.85. The van der Waals surface area contributed by atoms with E-state index in [0.29, 0.717) is 12.3 Å². The van der Waals surface area contributed by atoms with Gasteiger partial charge in [-0.3, -0.25) is 10.1 Å². The summed E-state index contributed by atoms with van der Waals surface area (Å²) >= 11 is 0. The molecule has 0 fully saturated rings. The Hall–Kier alpha value is -2.44. The molecule has 0 spiro atoms. The lowest BCUT2D eigenvalue weighted by atomic mass is 10.1. The van der Waals surface area contributed by atoms with Gasteiger partial charge in [-0.25, -0.2) is 4.79 Å². The quantitative estimate of drug-likeness (QED) is 0.705. The van der Waals surface area contributed by atoms with E-state index >= 15 is 0 Å². The van der Waals surface area contributed by atoms with Crippen LogP contribution in [0.25, 0.3) is 0 Å². The first kappa shape index (κ1) is 21.6. The number of ether oxygens (including phenoxy) is 2. The molecule has 0 radical (unpaired) electrons. The molecule has 0 aliphatic carbocycles. The number of nitrogens with one attached hydrogen (secondary N) is 3. The third kappa shape index (κ3) is 9.15. The molecule has 2 rings (SSSR count). The number of hydrogen-bond donors (Lipinski definition) is 3. The minimum Gasteiger partial charge on any atom is -0.490 e. The van der Waals surface area contributed by atoms with Gasteiger partial charge in [-0.2, -0.15) is 0 Å². The summed E-state index contributed by atoms with van der Waals surface area (Å²) in [5.41, 5.74) is 0.988. The van der Waals surface area contributed by atoms with Crippen molar-refractivity contribution in [3.63, 3.8) is 0 Å². The van der Waals surface area contributed by atoms with Crippen LogP contribution in [0.3, 0.4) is 0 Å². The molecule has 0 bridgehead atoms. The topological polar surface area (TPSA) is 88.7 Å². The van der Waals surface area contributed by atoms with Crippen LogP contribution in [0.5, 0.6) is 5.75 Å². The van der Waals surface area contributed by atoms with E-state index in [1.165, 1.54) is 6.92 Å². The SMILES string of the molecule is CC(=O)NC(C)(C)C.CC(C)(C)OC(=O)Nc1ccc2c(c1)NCCO2. The molecule has 2 amide bonds. The Balaban J connectivity index is 0.000000359. The van der Waals surface area contributed by atoms with Crippen molar-refractivity contribution in [3.05, 3.63) is 18.2 Å². The Morgan fingerprint density at radius 2 is 1.81 bits per heavy atom. The minimum atomic E-state index is -0.500. The predicted molar refractivity (Wildman–Crippen MR) is 104 cm³/mol. The summed E-state index contributed by atoms with van der Waals surface area (Å²) in [5, 5.41) is 8.64.